The zero-order valence-corrected chi connectivity index (χ0v) is 13.3. The molecule has 1 fully saturated rings. The summed E-state index contributed by atoms with van der Waals surface area (Å²) in [6.45, 7) is 5.08. The topological polar surface area (TPSA) is 62.9 Å². The molecule has 23 heavy (non-hydrogen) atoms. The summed E-state index contributed by atoms with van der Waals surface area (Å²) in [4.78, 5) is 14.5. The molecule has 6 nitrogen and oxygen atoms in total. The third kappa shape index (κ3) is 2.70. The predicted octanol–water partition coefficient (Wildman–Crippen LogP) is 3.01. The monoisotopic (exact) mass is 311 g/mol. The van der Waals surface area contributed by atoms with Crippen LogP contribution in [0.4, 0.5) is 0 Å². The van der Waals surface area contributed by atoms with Crippen molar-refractivity contribution < 1.29 is 4.42 Å². The largest absolute Gasteiger partial charge is 0.468 e. The maximum atomic E-state index is 5.71. The molecular weight excluding hydrogens is 290 g/mol. The molecule has 0 spiro atoms. The van der Waals surface area contributed by atoms with Crippen LogP contribution in [0.25, 0.3) is 11.5 Å². The first-order valence-corrected chi connectivity index (χ1v) is 8.12. The van der Waals surface area contributed by atoms with Crippen molar-refractivity contribution in [1.82, 2.24) is 24.4 Å². The van der Waals surface area contributed by atoms with Gasteiger partial charge in [0.05, 0.1) is 18.6 Å². The number of H-pyrrole nitrogens is 1. The van der Waals surface area contributed by atoms with Gasteiger partial charge in [-0.3, -0.25) is 4.90 Å². The van der Waals surface area contributed by atoms with Crippen LogP contribution in [-0.2, 0) is 6.54 Å². The standard InChI is InChI=1S/C17H21N5O/c1-13-16(20-12-19-13)17-18-6-9-22(17)11-14(15-5-4-10-23-15)21-7-2-3-8-21/h4-6,9-10,12,14H,2-3,7-8,11H2,1H3,(H,19,20)/t14-/m0/s1. The first-order chi connectivity index (χ1) is 11.3. The second-order valence-corrected chi connectivity index (χ2v) is 6.05. The molecule has 0 aliphatic carbocycles. The number of furan rings is 1. The molecule has 120 valence electrons. The normalized spacial score (nSPS) is 16.9. The second kappa shape index (κ2) is 6.04. The van der Waals surface area contributed by atoms with E-state index in [1.165, 1.54) is 12.8 Å². The van der Waals surface area contributed by atoms with E-state index in [1.54, 1.807) is 12.6 Å². The van der Waals surface area contributed by atoms with E-state index in [-0.39, 0.29) is 6.04 Å². The molecule has 0 radical (unpaired) electrons. The van der Waals surface area contributed by atoms with Crippen molar-refractivity contribution in [2.24, 2.45) is 0 Å². The highest BCUT2D eigenvalue weighted by Crippen LogP contribution is 2.29. The fourth-order valence-corrected chi connectivity index (χ4v) is 3.36. The fourth-order valence-electron chi connectivity index (χ4n) is 3.36. The molecule has 0 saturated carbocycles. The Kier molecular flexibility index (Phi) is 3.75. The molecule has 0 aromatic carbocycles. The molecule has 1 atom stereocenters. The number of aromatic nitrogens is 4. The van der Waals surface area contributed by atoms with Gasteiger partial charge in [0, 0.05) is 24.6 Å². The van der Waals surface area contributed by atoms with Gasteiger partial charge in [-0.05, 0) is 45.0 Å². The summed E-state index contributed by atoms with van der Waals surface area (Å²) < 4.78 is 7.89. The number of imidazole rings is 2. The van der Waals surface area contributed by atoms with Crippen LogP contribution in [0.1, 0.15) is 30.3 Å². The number of nitrogens with zero attached hydrogens (tertiary/aromatic N) is 4. The number of aromatic amines is 1. The van der Waals surface area contributed by atoms with Crippen LogP contribution in [0.5, 0.6) is 0 Å². The van der Waals surface area contributed by atoms with E-state index in [4.69, 9.17) is 4.42 Å². The van der Waals surface area contributed by atoms with Crippen molar-refractivity contribution in [3.8, 4) is 11.5 Å². The van der Waals surface area contributed by atoms with Gasteiger partial charge in [0.2, 0.25) is 0 Å². The zero-order valence-electron chi connectivity index (χ0n) is 13.3. The van der Waals surface area contributed by atoms with Crippen LogP contribution < -0.4 is 0 Å². The lowest BCUT2D eigenvalue weighted by Crippen LogP contribution is -2.29. The summed E-state index contributed by atoms with van der Waals surface area (Å²) in [7, 11) is 0. The molecule has 1 N–H and O–H groups in total. The molecule has 4 rings (SSSR count). The van der Waals surface area contributed by atoms with Gasteiger partial charge in [-0.1, -0.05) is 0 Å². The van der Waals surface area contributed by atoms with Gasteiger partial charge in [0.1, 0.15) is 11.5 Å². The van der Waals surface area contributed by atoms with E-state index in [1.807, 2.05) is 25.4 Å². The van der Waals surface area contributed by atoms with Crippen LogP contribution in [-0.4, -0.2) is 37.5 Å². The Morgan fingerprint density at radius 2 is 2.17 bits per heavy atom. The summed E-state index contributed by atoms with van der Waals surface area (Å²) in [6, 6.07) is 4.27. The van der Waals surface area contributed by atoms with Crippen LogP contribution in [0.2, 0.25) is 0 Å². The molecule has 4 heterocycles. The van der Waals surface area contributed by atoms with Crippen molar-refractivity contribution >= 4 is 0 Å². The van der Waals surface area contributed by atoms with E-state index in [0.29, 0.717) is 0 Å². The molecule has 3 aromatic heterocycles. The molecule has 1 saturated heterocycles. The number of rotatable bonds is 5. The molecule has 0 unspecified atom stereocenters. The predicted molar refractivity (Wildman–Crippen MR) is 86.8 cm³/mol. The number of aryl methyl sites for hydroxylation is 1. The molecular formula is C17H21N5O. The van der Waals surface area contributed by atoms with Crippen LogP contribution in [0.3, 0.4) is 0 Å². The number of hydrogen-bond acceptors (Lipinski definition) is 4. The molecule has 0 amide bonds. The Bertz CT molecular complexity index is 752. The average molecular weight is 311 g/mol. The molecule has 1 aliphatic heterocycles. The first kappa shape index (κ1) is 14.3. The van der Waals surface area contributed by atoms with Gasteiger partial charge >= 0.3 is 0 Å². The summed E-state index contributed by atoms with van der Waals surface area (Å²) in [5.41, 5.74) is 1.95. The van der Waals surface area contributed by atoms with Gasteiger partial charge in [-0.25, -0.2) is 9.97 Å². The Morgan fingerprint density at radius 1 is 1.30 bits per heavy atom. The van der Waals surface area contributed by atoms with Crippen molar-refractivity contribution in [3.63, 3.8) is 0 Å². The van der Waals surface area contributed by atoms with E-state index in [9.17, 15) is 0 Å². The smallest absolute Gasteiger partial charge is 0.160 e. The van der Waals surface area contributed by atoms with E-state index < -0.39 is 0 Å². The van der Waals surface area contributed by atoms with E-state index >= 15 is 0 Å². The first-order valence-electron chi connectivity index (χ1n) is 8.12. The highest BCUT2D eigenvalue weighted by Gasteiger charge is 2.27. The lowest BCUT2D eigenvalue weighted by atomic mass is 10.2. The third-order valence-electron chi connectivity index (χ3n) is 4.58. The molecule has 1 aliphatic rings. The minimum Gasteiger partial charge on any atom is -0.468 e. The minimum atomic E-state index is 0.236. The lowest BCUT2D eigenvalue weighted by molar-refractivity contribution is 0.194. The molecule has 6 heteroatoms. The maximum Gasteiger partial charge on any atom is 0.160 e. The SMILES string of the molecule is Cc1[nH]cnc1-c1nccn1C[C@@H](c1ccco1)N1CCCC1. The Balaban J connectivity index is 1.65. The summed E-state index contributed by atoms with van der Waals surface area (Å²) in [5, 5.41) is 0. The highest BCUT2D eigenvalue weighted by atomic mass is 16.3. The highest BCUT2D eigenvalue weighted by molar-refractivity contribution is 5.52. The van der Waals surface area contributed by atoms with Crippen LogP contribution in [0.15, 0.2) is 41.5 Å². The van der Waals surface area contributed by atoms with E-state index in [2.05, 4.69) is 30.5 Å². The Hall–Kier alpha value is -2.34. The molecule has 0 bridgehead atoms. The Labute approximate surface area is 135 Å². The Morgan fingerprint density at radius 3 is 2.87 bits per heavy atom. The van der Waals surface area contributed by atoms with Crippen molar-refractivity contribution in [1.29, 1.82) is 0 Å². The summed E-state index contributed by atoms with van der Waals surface area (Å²) in [6.07, 6.45) is 9.85. The quantitative estimate of drug-likeness (QED) is 0.787. The van der Waals surface area contributed by atoms with Gasteiger partial charge < -0.3 is 14.0 Å². The summed E-state index contributed by atoms with van der Waals surface area (Å²) in [5.74, 6) is 1.92. The number of likely N-dealkylation sites (tertiary alicyclic amines) is 1. The minimum absolute atomic E-state index is 0.236. The molecule has 3 aromatic rings. The van der Waals surface area contributed by atoms with Crippen molar-refractivity contribution in [2.75, 3.05) is 13.1 Å². The fraction of sp³-hybridized carbons (Fsp3) is 0.412. The zero-order chi connectivity index (χ0) is 15.6. The van der Waals surface area contributed by atoms with Crippen LogP contribution >= 0.6 is 0 Å². The van der Waals surface area contributed by atoms with Crippen molar-refractivity contribution in [2.45, 2.75) is 32.4 Å². The second-order valence-electron chi connectivity index (χ2n) is 6.05. The van der Waals surface area contributed by atoms with E-state index in [0.717, 1.165) is 42.6 Å². The van der Waals surface area contributed by atoms with Gasteiger partial charge in [-0.15, -0.1) is 0 Å². The van der Waals surface area contributed by atoms with Gasteiger partial charge in [-0.2, -0.15) is 0 Å². The summed E-state index contributed by atoms with van der Waals surface area (Å²) >= 11 is 0. The number of hydrogen-bond donors (Lipinski definition) is 1. The third-order valence-corrected chi connectivity index (χ3v) is 4.58. The average Bonchev–Trinajstić information content (AvgIpc) is 3.32. The van der Waals surface area contributed by atoms with Crippen LogP contribution in [0, 0.1) is 6.92 Å². The van der Waals surface area contributed by atoms with Gasteiger partial charge in [0.15, 0.2) is 5.82 Å². The maximum absolute atomic E-state index is 5.71. The lowest BCUT2D eigenvalue weighted by Gasteiger charge is -2.26. The van der Waals surface area contributed by atoms with Gasteiger partial charge in [0.25, 0.3) is 0 Å². The van der Waals surface area contributed by atoms with Crippen molar-refractivity contribution in [3.05, 3.63) is 48.6 Å². The number of nitrogens with one attached hydrogen (secondary N) is 1.